The van der Waals surface area contributed by atoms with E-state index in [-0.39, 0.29) is 26.4 Å². The zero-order valence-electron chi connectivity index (χ0n) is 38.2. The van der Waals surface area contributed by atoms with E-state index in [1.54, 1.807) is 62.2 Å². The van der Waals surface area contributed by atoms with Crippen molar-refractivity contribution in [3.05, 3.63) is 188 Å². The minimum Gasteiger partial charge on any atom is -0.488 e. The van der Waals surface area contributed by atoms with Crippen LogP contribution in [0.15, 0.2) is 127 Å². The van der Waals surface area contributed by atoms with Gasteiger partial charge >= 0.3 is 11.9 Å². The number of pyridine rings is 2. The van der Waals surface area contributed by atoms with Crippen LogP contribution in [0.25, 0.3) is 11.1 Å². The SMILES string of the molecule is CN=Cc1cncc(COc2cc(OCc3cccc(-c4cccc(COc5cc(OCc6cncc(C#N)c6)c(CNC/C=C/C(=O)O)cc5Cl)c4C)c3C)c(Cl)cc2CNC/C=C/C(=O)O)c1. The van der Waals surface area contributed by atoms with Crippen molar-refractivity contribution >= 4 is 41.4 Å². The van der Waals surface area contributed by atoms with Gasteiger partial charge in [0.1, 0.15) is 55.5 Å². The lowest BCUT2D eigenvalue weighted by Crippen LogP contribution is -2.14. The lowest BCUT2D eigenvalue weighted by atomic mass is 9.92. The third kappa shape index (κ3) is 15.0. The van der Waals surface area contributed by atoms with Gasteiger partial charge in [-0.15, -0.1) is 0 Å². The van der Waals surface area contributed by atoms with Crippen LogP contribution in [-0.4, -0.2) is 58.5 Å². The van der Waals surface area contributed by atoms with Crippen molar-refractivity contribution in [1.82, 2.24) is 20.6 Å². The molecule has 2 heterocycles. The van der Waals surface area contributed by atoms with Gasteiger partial charge in [-0.05, 0) is 71.5 Å². The molecule has 0 saturated heterocycles. The minimum atomic E-state index is -1.04. The zero-order valence-corrected chi connectivity index (χ0v) is 39.7. The highest BCUT2D eigenvalue weighted by Gasteiger charge is 2.17. The van der Waals surface area contributed by atoms with Gasteiger partial charge in [0.05, 0.1) is 15.6 Å². The van der Waals surface area contributed by atoms with Crippen molar-refractivity contribution < 1.29 is 38.7 Å². The second kappa shape index (κ2) is 25.6. The number of hydrogen-bond donors (Lipinski definition) is 4. The molecule has 14 nitrogen and oxygen atoms in total. The number of aromatic nitrogens is 2. The Morgan fingerprint density at radius 2 is 1.13 bits per heavy atom. The highest BCUT2D eigenvalue weighted by Crippen LogP contribution is 2.37. The van der Waals surface area contributed by atoms with Crippen molar-refractivity contribution in [3.63, 3.8) is 0 Å². The Kier molecular flexibility index (Phi) is 18.8. The maximum absolute atomic E-state index is 10.9. The molecule has 0 spiro atoms. The maximum Gasteiger partial charge on any atom is 0.328 e. The molecular weight excluding hydrogens is 920 g/mol. The molecule has 0 radical (unpaired) electrons. The third-order valence-corrected chi connectivity index (χ3v) is 11.3. The van der Waals surface area contributed by atoms with Gasteiger partial charge in [0.2, 0.25) is 0 Å². The van der Waals surface area contributed by atoms with E-state index in [9.17, 15) is 14.9 Å². The molecule has 4 N–H and O–H groups in total. The Labute approximate surface area is 410 Å². The van der Waals surface area contributed by atoms with E-state index in [0.29, 0.717) is 70.3 Å². The number of carbonyl (C=O) groups is 2. The monoisotopic (exact) mass is 968 g/mol. The average molecular weight is 970 g/mol. The van der Waals surface area contributed by atoms with Gasteiger partial charge in [0, 0.05) is 116 Å². The van der Waals surface area contributed by atoms with Crippen LogP contribution < -0.4 is 29.6 Å². The van der Waals surface area contributed by atoms with Crippen molar-refractivity contribution in [2.75, 3.05) is 20.1 Å². The van der Waals surface area contributed by atoms with E-state index in [2.05, 4.69) is 50.7 Å². The van der Waals surface area contributed by atoms with Gasteiger partial charge in [-0.3, -0.25) is 15.0 Å². The standard InChI is InChI=1S/C53H50Cl2N6O8/c1-34-40(32-68-50-20-48(66-30-38-16-36(22-56)24-60-26-38)42(18-46(50)54)28-58-14-6-12-52(62)63)8-4-10-44(34)45-11-5-9-41(35(45)2)33-69-51-21-49(67-31-39-17-37(23-57-3)25-61-27-39)43(19-47(51)55)29-59-15-7-13-53(64)65/h4-13,16-21,23-27,58-59H,14-15,28-33H2,1-3H3,(H,62,63)(H,64,65)/b12-6+,13-7+,57-23?. The Balaban J connectivity index is 1.18. The summed E-state index contributed by atoms with van der Waals surface area (Å²) in [6, 6.07) is 24.9. The second-order valence-corrected chi connectivity index (χ2v) is 16.4. The molecule has 6 aromatic rings. The van der Waals surface area contributed by atoms with Crippen molar-refractivity contribution in [1.29, 1.82) is 5.26 Å². The zero-order chi connectivity index (χ0) is 49.1. The van der Waals surface area contributed by atoms with Crippen LogP contribution in [0.5, 0.6) is 23.0 Å². The van der Waals surface area contributed by atoms with E-state index >= 15 is 0 Å². The highest BCUT2D eigenvalue weighted by atomic mass is 35.5. The number of hydrogen-bond acceptors (Lipinski definition) is 12. The van der Waals surface area contributed by atoms with Gasteiger partial charge in [-0.25, -0.2) is 9.59 Å². The molecule has 0 aliphatic heterocycles. The molecule has 0 atom stereocenters. The number of aliphatic imine (C=N–C) groups is 1. The fraction of sp³-hybridized carbons (Fsp3) is 0.208. The molecule has 6 rings (SSSR count). The van der Waals surface area contributed by atoms with Crippen LogP contribution in [0.4, 0.5) is 0 Å². The summed E-state index contributed by atoms with van der Waals surface area (Å²) in [6.45, 7) is 6.19. The largest absolute Gasteiger partial charge is 0.488 e. The number of carboxylic acids is 2. The first kappa shape index (κ1) is 50.9. The number of nitriles is 1. The number of aliphatic carboxylic acids is 2. The van der Waals surface area contributed by atoms with Crippen molar-refractivity contribution in [3.8, 4) is 40.2 Å². The molecule has 0 aliphatic carbocycles. The molecule has 0 aliphatic rings. The van der Waals surface area contributed by atoms with E-state index in [1.807, 2.05) is 37.3 Å². The first-order chi connectivity index (χ1) is 33.4. The topological polar surface area (TPSA) is 198 Å². The van der Waals surface area contributed by atoms with Crippen LogP contribution in [0.3, 0.4) is 0 Å². The van der Waals surface area contributed by atoms with E-state index in [0.717, 1.165) is 67.8 Å². The van der Waals surface area contributed by atoms with Crippen LogP contribution in [-0.2, 0) is 49.1 Å². The van der Waals surface area contributed by atoms with E-state index < -0.39 is 11.9 Å². The van der Waals surface area contributed by atoms with Crippen LogP contribution in [0, 0.1) is 25.2 Å². The Hall–Kier alpha value is -7.54. The number of nitrogens with one attached hydrogen (secondary N) is 2. The summed E-state index contributed by atoms with van der Waals surface area (Å²) in [5.41, 5.74) is 10.2. The van der Waals surface area contributed by atoms with Crippen molar-refractivity contribution in [2.24, 2.45) is 4.99 Å². The summed E-state index contributed by atoms with van der Waals surface area (Å²) >= 11 is 13.6. The number of benzene rings is 4. The summed E-state index contributed by atoms with van der Waals surface area (Å²) in [7, 11) is 1.70. The third-order valence-electron chi connectivity index (χ3n) is 10.7. The summed E-state index contributed by atoms with van der Waals surface area (Å²) in [4.78, 5) is 34.4. The highest BCUT2D eigenvalue weighted by molar-refractivity contribution is 6.32. The summed E-state index contributed by atoms with van der Waals surface area (Å²) < 4.78 is 25.3. The number of carboxylic acid groups (broad SMARTS) is 2. The molecule has 0 saturated carbocycles. The summed E-state index contributed by atoms with van der Waals surface area (Å²) in [5, 5.41) is 34.4. The summed E-state index contributed by atoms with van der Waals surface area (Å²) in [5.74, 6) is -0.187. The van der Waals surface area contributed by atoms with Gasteiger partial charge in [0.15, 0.2) is 0 Å². The Bertz CT molecular complexity index is 2920. The fourth-order valence-electron chi connectivity index (χ4n) is 7.15. The first-order valence-corrected chi connectivity index (χ1v) is 22.4. The Morgan fingerprint density at radius 1 is 0.652 bits per heavy atom. The fourth-order valence-corrected chi connectivity index (χ4v) is 7.63. The number of nitrogens with zero attached hydrogens (tertiary/aromatic N) is 4. The molecule has 16 heteroatoms. The minimum absolute atomic E-state index is 0.132. The molecule has 69 heavy (non-hydrogen) atoms. The molecule has 2 aromatic heterocycles. The first-order valence-electron chi connectivity index (χ1n) is 21.7. The molecule has 0 amide bonds. The van der Waals surface area contributed by atoms with Crippen LogP contribution >= 0.6 is 23.2 Å². The predicted molar refractivity (Wildman–Crippen MR) is 265 cm³/mol. The van der Waals surface area contributed by atoms with Gasteiger partial charge in [-0.2, -0.15) is 5.26 Å². The normalized spacial score (nSPS) is 11.3. The lowest BCUT2D eigenvalue weighted by molar-refractivity contribution is -0.132. The molecule has 354 valence electrons. The van der Waals surface area contributed by atoms with Gasteiger partial charge in [-0.1, -0.05) is 71.8 Å². The molecule has 0 bridgehead atoms. The van der Waals surface area contributed by atoms with E-state index in [4.69, 9.17) is 52.4 Å². The molecule has 0 unspecified atom stereocenters. The lowest BCUT2D eigenvalue weighted by Gasteiger charge is -2.19. The molecule has 0 fully saturated rings. The van der Waals surface area contributed by atoms with Crippen LogP contribution in [0.2, 0.25) is 10.0 Å². The smallest absolute Gasteiger partial charge is 0.328 e. The number of ether oxygens (including phenoxy) is 4. The Morgan fingerprint density at radius 3 is 1.61 bits per heavy atom. The number of rotatable bonds is 24. The number of halogens is 2. The van der Waals surface area contributed by atoms with Crippen LogP contribution in [0.1, 0.15) is 55.6 Å². The maximum atomic E-state index is 10.9. The van der Waals surface area contributed by atoms with E-state index in [1.165, 1.54) is 18.3 Å². The molecular formula is C53H50Cl2N6O8. The van der Waals surface area contributed by atoms with Crippen molar-refractivity contribution in [2.45, 2.75) is 53.4 Å². The summed E-state index contributed by atoms with van der Waals surface area (Å²) in [6.07, 6.45) is 13.4. The molecule has 4 aromatic carbocycles. The average Bonchev–Trinajstić information content (AvgIpc) is 3.33. The quantitative estimate of drug-likeness (QED) is 0.0254. The van der Waals surface area contributed by atoms with Gasteiger partial charge < -0.3 is 39.8 Å². The predicted octanol–water partition coefficient (Wildman–Crippen LogP) is 9.76. The second-order valence-electron chi connectivity index (χ2n) is 15.6. The van der Waals surface area contributed by atoms with Gasteiger partial charge in [0.25, 0.3) is 0 Å².